The molecular formula is C71H128N2O17S. The van der Waals surface area contributed by atoms with Crippen molar-refractivity contribution in [1.29, 1.82) is 5.26 Å². The average Bonchev–Trinajstić information content (AvgIpc) is 3.35. The van der Waals surface area contributed by atoms with E-state index in [2.05, 4.69) is 25.2 Å². The second-order valence-corrected chi connectivity index (χ2v) is 24.5. The van der Waals surface area contributed by atoms with E-state index in [9.17, 15) is 24.8 Å². The van der Waals surface area contributed by atoms with Gasteiger partial charge >= 0.3 is 5.97 Å². The highest BCUT2D eigenvalue weighted by Crippen LogP contribution is 2.33. The summed E-state index contributed by atoms with van der Waals surface area (Å²) in [5, 5.41) is 23.6. The van der Waals surface area contributed by atoms with Crippen molar-refractivity contribution in [1.82, 2.24) is 5.32 Å². The number of ether oxygens (including phenoxy) is 13. The molecule has 0 radical (unpaired) electrons. The maximum atomic E-state index is 13.8. The minimum Gasteiger partial charge on any atom is -0.481 e. The minimum atomic E-state index is -1.02. The molecule has 1 aromatic carbocycles. The molecule has 1 amide bonds. The molecule has 0 saturated heterocycles. The van der Waals surface area contributed by atoms with Crippen LogP contribution < -0.4 is 5.32 Å². The molecule has 19 nitrogen and oxygen atoms in total. The van der Waals surface area contributed by atoms with Gasteiger partial charge in [0.1, 0.15) is 0 Å². The number of nitrogens with one attached hydrogen (secondary N) is 1. The molecule has 530 valence electrons. The molecule has 0 spiro atoms. The second-order valence-electron chi connectivity index (χ2n) is 23.4. The molecule has 0 aliphatic rings. The molecule has 2 N–H and O–H groups in total. The van der Waals surface area contributed by atoms with Crippen LogP contribution in [0.2, 0.25) is 0 Å². The van der Waals surface area contributed by atoms with E-state index in [0.717, 1.165) is 167 Å². The average molecular weight is 1310 g/mol. The van der Waals surface area contributed by atoms with Crippen LogP contribution in [0, 0.1) is 35.0 Å². The van der Waals surface area contributed by atoms with Crippen LogP contribution in [0.1, 0.15) is 193 Å². The van der Waals surface area contributed by atoms with Crippen LogP contribution in [-0.2, 0) is 76.0 Å². The Kier molecular flexibility index (Phi) is 64.9. The van der Waals surface area contributed by atoms with E-state index in [0.29, 0.717) is 124 Å². The lowest BCUT2D eigenvalue weighted by molar-refractivity contribution is -0.143. The molecule has 0 bridgehead atoms. The Bertz CT molecular complexity index is 1770. The molecule has 5 unspecified atom stereocenters. The molecule has 20 heteroatoms. The lowest BCUT2D eigenvalue weighted by atomic mass is 9.79. The largest absolute Gasteiger partial charge is 0.481 e. The number of hydrogen-bond donors (Lipinski definition) is 2. The van der Waals surface area contributed by atoms with Crippen LogP contribution in [0.15, 0.2) is 30.3 Å². The summed E-state index contributed by atoms with van der Waals surface area (Å²) in [6.07, 6.45) is 23.9. The number of rotatable bonds is 73. The Morgan fingerprint density at radius 3 is 1.19 bits per heavy atom. The summed E-state index contributed by atoms with van der Waals surface area (Å²) in [6.45, 7) is 21.3. The number of nitriles is 1. The van der Waals surface area contributed by atoms with Crippen LogP contribution in [0.5, 0.6) is 0 Å². The number of carbonyl (C=O) groups is 3. The molecule has 0 saturated carbocycles. The van der Waals surface area contributed by atoms with Crippen molar-refractivity contribution in [2.24, 2.45) is 23.7 Å². The summed E-state index contributed by atoms with van der Waals surface area (Å²) >= 11 is 1.16. The fraction of sp³-hybridized carbons (Fsp3) is 0.859. The second kappa shape index (κ2) is 68.5. The first-order valence-corrected chi connectivity index (χ1v) is 36.3. The van der Waals surface area contributed by atoms with Crippen LogP contribution in [0.3, 0.4) is 0 Å². The number of hydrogen-bond acceptors (Lipinski definition) is 18. The summed E-state index contributed by atoms with van der Waals surface area (Å²) in [5.41, 5.74) is 1.13. The summed E-state index contributed by atoms with van der Waals surface area (Å²) in [6, 6.07) is 12.4. The molecule has 0 fully saturated rings. The monoisotopic (exact) mass is 1310 g/mol. The third-order valence-corrected chi connectivity index (χ3v) is 16.6. The van der Waals surface area contributed by atoms with Crippen molar-refractivity contribution in [2.45, 2.75) is 187 Å². The zero-order valence-corrected chi connectivity index (χ0v) is 58.2. The van der Waals surface area contributed by atoms with E-state index in [-0.39, 0.29) is 36.2 Å². The number of aliphatic carboxylic acids is 1. The van der Waals surface area contributed by atoms with Gasteiger partial charge in [-0.15, -0.1) is 0 Å². The lowest BCUT2D eigenvalue weighted by Gasteiger charge is -2.25. The van der Waals surface area contributed by atoms with Crippen LogP contribution >= 0.6 is 11.8 Å². The predicted octanol–water partition coefficient (Wildman–Crippen LogP) is 12.9. The molecule has 0 aliphatic carbocycles. The molecule has 0 heterocycles. The summed E-state index contributed by atoms with van der Waals surface area (Å²) in [7, 11) is 1.73. The number of carbonyl (C=O) groups excluding carboxylic acids is 2. The Hall–Kier alpha value is -2.85. The number of benzene rings is 1. The third kappa shape index (κ3) is 57.2. The van der Waals surface area contributed by atoms with Gasteiger partial charge in [0.15, 0.2) is 5.12 Å². The number of carboxylic acids is 1. The van der Waals surface area contributed by atoms with Gasteiger partial charge < -0.3 is 72.0 Å². The first-order valence-electron chi connectivity index (χ1n) is 35.3. The van der Waals surface area contributed by atoms with E-state index in [1.165, 1.54) is 44.9 Å². The van der Waals surface area contributed by atoms with E-state index in [1.54, 1.807) is 14.0 Å². The van der Waals surface area contributed by atoms with Crippen LogP contribution in [0.4, 0.5) is 0 Å². The van der Waals surface area contributed by atoms with Crippen LogP contribution in [-0.4, -0.2) is 207 Å². The van der Waals surface area contributed by atoms with Crippen molar-refractivity contribution in [3.63, 3.8) is 0 Å². The first kappa shape index (κ1) is 86.2. The highest BCUT2D eigenvalue weighted by atomic mass is 32.2. The van der Waals surface area contributed by atoms with Crippen molar-refractivity contribution in [3.8, 4) is 6.07 Å². The molecule has 1 aromatic rings. The smallest absolute Gasteiger partial charge is 0.306 e. The van der Waals surface area contributed by atoms with Gasteiger partial charge in [-0.05, 0) is 114 Å². The van der Waals surface area contributed by atoms with Crippen LogP contribution in [0.25, 0.3) is 0 Å². The minimum absolute atomic E-state index is 0.0656. The number of carboxylic acid groups (broad SMARTS) is 1. The standard InChI is InChI=1S/C71H128N2O17S/c1-5-7-8-9-10-11-12-13-14-18-31-73-69(74)67(61-68(70(75)76)60-64(62-72)59-65(6-2)66-29-16-15-17-30-66)58-63(3)71(77)91-57-56-90-55-54-89-53-52-88-51-50-87-49-48-86-47-46-85-45-44-84-43-42-83-41-28-27-40-82-39-26-25-38-81-37-24-23-36-80-35-22-21-34-79-33-20-19-32-78-4/h15-17,29-30,63-65,67-68H,5-14,18-28,31-61H2,1-4H3,(H,73,74)(H,75,76). The van der Waals surface area contributed by atoms with Crippen molar-refractivity contribution < 1.29 is 81.1 Å². The van der Waals surface area contributed by atoms with Gasteiger partial charge in [-0.2, -0.15) is 5.26 Å². The quantitative estimate of drug-likeness (QED) is 0.0578. The van der Waals surface area contributed by atoms with Gasteiger partial charge in [0.25, 0.3) is 0 Å². The van der Waals surface area contributed by atoms with Gasteiger partial charge in [0.05, 0.1) is 111 Å². The van der Waals surface area contributed by atoms with Gasteiger partial charge in [0.2, 0.25) is 5.91 Å². The molecule has 1 rings (SSSR count). The normalized spacial score (nSPS) is 13.3. The van der Waals surface area contributed by atoms with Gasteiger partial charge in [-0.3, -0.25) is 14.4 Å². The zero-order valence-electron chi connectivity index (χ0n) is 57.4. The van der Waals surface area contributed by atoms with Crippen molar-refractivity contribution >= 4 is 28.8 Å². The summed E-state index contributed by atoms with van der Waals surface area (Å²) < 4.78 is 72.8. The topological polar surface area (TPSA) is 227 Å². The molecule has 0 aromatic heterocycles. The fourth-order valence-corrected chi connectivity index (χ4v) is 10.9. The van der Waals surface area contributed by atoms with E-state index in [1.807, 2.05) is 30.3 Å². The maximum Gasteiger partial charge on any atom is 0.306 e. The Balaban J connectivity index is 2.03. The van der Waals surface area contributed by atoms with Gasteiger partial charge in [-0.25, -0.2) is 0 Å². The summed E-state index contributed by atoms with van der Waals surface area (Å²) in [4.78, 5) is 39.9. The Labute approximate surface area is 555 Å². The highest BCUT2D eigenvalue weighted by Gasteiger charge is 2.32. The Morgan fingerprint density at radius 2 is 0.813 bits per heavy atom. The SMILES string of the molecule is CCCCCCCCCCCCNC(=O)C(CC(C)C(=O)SCCOCCOCCOCCOCCOCCOCCOCCOCCCCOCCCCOCCCCOCCCCOCCCCOC)CC(CC(C#N)CC(CC)c1ccccc1)C(=O)O. The first-order chi connectivity index (χ1) is 44.8. The van der Waals surface area contributed by atoms with Crippen molar-refractivity contribution in [3.05, 3.63) is 35.9 Å². The molecule has 0 aliphatic heterocycles. The molecule has 91 heavy (non-hydrogen) atoms. The number of thioether (sulfide) groups is 1. The maximum absolute atomic E-state index is 13.8. The Morgan fingerprint density at radius 1 is 0.451 bits per heavy atom. The molecule has 5 atom stereocenters. The number of nitrogens with zero attached hydrogens (tertiary/aromatic N) is 1. The van der Waals surface area contributed by atoms with Crippen molar-refractivity contribution in [2.75, 3.05) is 185 Å². The number of unbranched alkanes of at least 4 members (excludes halogenated alkanes) is 14. The fourth-order valence-electron chi connectivity index (χ4n) is 10.1. The highest BCUT2D eigenvalue weighted by molar-refractivity contribution is 8.13. The third-order valence-electron chi connectivity index (χ3n) is 15.5. The number of methoxy groups -OCH3 is 1. The van der Waals surface area contributed by atoms with Gasteiger partial charge in [-0.1, -0.05) is 121 Å². The predicted molar refractivity (Wildman–Crippen MR) is 361 cm³/mol. The van der Waals surface area contributed by atoms with E-state index < -0.39 is 29.6 Å². The van der Waals surface area contributed by atoms with Gasteiger partial charge in [0, 0.05) is 103 Å². The number of amides is 1. The lowest BCUT2D eigenvalue weighted by Crippen LogP contribution is -2.35. The van der Waals surface area contributed by atoms with E-state index in [4.69, 9.17) is 61.6 Å². The van der Waals surface area contributed by atoms with E-state index >= 15 is 0 Å². The zero-order chi connectivity index (χ0) is 65.8. The molecular weight excluding hydrogens is 1180 g/mol. The summed E-state index contributed by atoms with van der Waals surface area (Å²) in [5.74, 6) is -3.22.